The molecule has 1 N–H and O–H groups in total. The van der Waals surface area contributed by atoms with E-state index in [2.05, 4.69) is 46.8 Å². The lowest BCUT2D eigenvalue weighted by molar-refractivity contribution is 0.166. The Hall–Kier alpha value is -0.0700. The smallest absolute Gasteiger partial charge is 0.164 e. The van der Waals surface area contributed by atoms with E-state index in [0.29, 0.717) is 12.1 Å². The molecular formula is C12H19IN2O. The number of hydrogen-bond donors (Lipinski definition) is 1. The summed E-state index contributed by atoms with van der Waals surface area (Å²) in [6.07, 6.45) is 2.47. The molecule has 0 amide bonds. The lowest BCUT2D eigenvalue weighted by Gasteiger charge is -2.35. The molecule has 1 aliphatic rings. The molecule has 0 aliphatic carbocycles. The van der Waals surface area contributed by atoms with Crippen LogP contribution in [0.4, 0.5) is 0 Å². The van der Waals surface area contributed by atoms with Crippen LogP contribution < -0.4 is 5.32 Å². The Labute approximate surface area is 111 Å². The third-order valence-electron chi connectivity index (χ3n) is 3.40. The first-order chi connectivity index (χ1) is 7.65. The van der Waals surface area contributed by atoms with Crippen molar-refractivity contribution >= 4 is 22.6 Å². The van der Waals surface area contributed by atoms with Gasteiger partial charge in [0, 0.05) is 12.1 Å². The zero-order valence-electron chi connectivity index (χ0n) is 9.87. The Balaban J connectivity index is 1.78. The third kappa shape index (κ3) is 3.21. The number of piperidine rings is 1. The molecule has 2 unspecified atom stereocenters. The van der Waals surface area contributed by atoms with Gasteiger partial charge < -0.3 is 14.6 Å². The summed E-state index contributed by atoms with van der Waals surface area (Å²) in [5.74, 6) is 1.04. The maximum absolute atomic E-state index is 5.54. The molecule has 90 valence electrons. The molecular weight excluding hydrogens is 315 g/mol. The fourth-order valence-electron chi connectivity index (χ4n) is 2.17. The lowest BCUT2D eigenvalue weighted by atomic mass is 9.99. The molecule has 4 heteroatoms. The summed E-state index contributed by atoms with van der Waals surface area (Å²) in [7, 11) is 2.20. The van der Waals surface area contributed by atoms with Crippen molar-refractivity contribution in [3.63, 3.8) is 0 Å². The van der Waals surface area contributed by atoms with E-state index in [1.165, 1.54) is 19.4 Å². The highest BCUT2D eigenvalue weighted by atomic mass is 127. The predicted molar refractivity (Wildman–Crippen MR) is 73.4 cm³/mol. The summed E-state index contributed by atoms with van der Waals surface area (Å²) >= 11 is 2.20. The highest BCUT2D eigenvalue weighted by Gasteiger charge is 2.22. The second-order valence-electron chi connectivity index (χ2n) is 4.64. The van der Waals surface area contributed by atoms with Gasteiger partial charge in [0.25, 0.3) is 0 Å². The van der Waals surface area contributed by atoms with Crippen LogP contribution in [0, 0.1) is 3.77 Å². The first-order valence-electron chi connectivity index (χ1n) is 5.83. The lowest BCUT2D eigenvalue weighted by Crippen LogP contribution is -2.45. The van der Waals surface area contributed by atoms with Crippen LogP contribution in [0.5, 0.6) is 0 Å². The SMILES string of the molecule is CC1CC(NCc2ccc(I)o2)CCN1C. The molecule has 3 nitrogen and oxygen atoms in total. The van der Waals surface area contributed by atoms with Gasteiger partial charge in [-0.2, -0.15) is 0 Å². The van der Waals surface area contributed by atoms with Gasteiger partial charge >= 0.3 is 0 Å². The van der Waals surface area contributed by atoms with Crippen molar-refractivity contribution in [2.24, 2.45) is 0 Å². The molecule has 16 heavy (non-hydrogen) atoms. The van der Waals surface area contributed by atoms with Gasteiger partial charge in [-0.05, 0) is 68.1 Å². The minimum atomic E-state index is 0.633. The normalized spacial score (nSPS) is 27.2. The summed E-state index contributed by atoms with van der Waals surface area (Å²) in [4.78, 5) is 2.42. The quantitative estimate of drug-likeness (QED) is 0.861. The van der Waals surface area contributed by atoms with Gasteiger partial charge in [0.15, 0.2) is 3.77 Å². The zero-order chi connectivity index (χ0) is 11.5. The van der Waals surface area contributed by atoms with Gasteiger partial charge in [0.05, 0.1) is 6.54 Å². The number of hydrogen-bond acceptors (Lipinski definition) is 3. The Morgan fingerprint density at radius 2 is 2.38 bits per heavy atom. The first-order valence-corrected chi connectivity index (χ1v) is 6.91. The van der Waals surface area contributed by atoms with Crippen LogP contribution >= 0.6 is 22.6 Å². The molecule has 1 aromatic heterocycles. The molecule has 0 saturated carbocycles. The van der Waals surface area contributed by atoms with Crippen molar-refractivity contribution in [2.45, 2.75) is 38.4 Å². The van der Waals surface area contributed by atoms with Crippen molar-refractivity contribution in [1.29, 1.82) is 0 Å². The topological polar surface area (TPSA) is 28.4 Å². The van der Waals surface area contributed by atoms with E-state index in [1.54, 1.807) is 0 Å². The standard InChI is InChI=1S/C12H19IN2O/c1-9-7-10(5-6-15(9)2)14-8-11-3-4-12(13)16-11/h3-4,9-10,14H,5-8H2,1-2H3. The monoisotopic (exact) mass is 334 g/mol. The Morgan fingerprint density at radius 1 is 1.56 bits per heavy atom. The van der Waals surface area contributed by atoms with Crippen molar-refractivity contribution in [1.82, 2.24) is 10.2 Å². The van der Waals surface area contributed by atoms with Gasteiger partial charge in [-0.1, -0.05) is 0 Å². The van der Waals surface area contributed by atoms with Crippen LogP contribution in [0.1, 0.15) is 25.5 Å². The highest BCUT2D eigenvalue weighted by Crippen LogP contribution is 2.16. The fourth-order valence-corrected chi connectivity index (χ4v) is 2.63. The van der Waals surface area contributed by atoms with Crippen molar-refractivity contribution < 1.29 is 4.42 Å². The van der Waals surface area contributed by atoms with Crippen LogP contribution in [-0.2, 0) is 6.54 Å². The van der Waals surface area contributed by atoms with Gasteiger partial charge in [0.2, 0.25) is 0 Å². The van der Waals surface area contributed by atoms with E-state index in [4.69, 9.17) is 4.42 Å². The molecule has 1 aromatic rings. The molecule has 2 heterocycles. The first kappa shape index (κ1) is 12.4. The molecule has 2 atom stereocenters. The Bertz CT molecular complexity index is 340. The van der Waals surface area contributed by atoms with Crippen molar-refractivity contribution in [2.75, 3.05) is 13.6 Å². The summed E-state index contributed by atoms with van der Waals surface area (Å²) in [5.41, 5.74) is 0. The highest BCUT2D eigenvalue weighted by molar-refractivity contribution is 14.1. The van der Waals surface area contributed by atoms with Crippen LogP contribution in [0.2, 0.25) is 0 Å². The number of rotatable bonds is 3. The number of furan rings is 1. The van der Waals surface area contributed by atoms with E-state index in [1.807, 2.05) is 12.1 Å². The molecule has 0 aromatic carbocycles. The molecule has 2 rings (SSSR count). The van der Waals surface area contributed by atoms with Crippen LogP contribution in [0.3, 0.4) is 0 Å². The van der Waals surface area contributed by atoms with Gasteiger partial charge in [-0.25, -0.2) is 0 Å². The largest absolute Gasteiger partial charge is 0.454 e. The minimum absolute atomic E-state index is 0.633. The van der Waals surface area contributed by atoms with Crippen molar-refractivity contribution in [3.8, 4) is 0 Å². The van der Waals surface area contributed by atoms with Crippen LogP contribution in [0.25, 0.3) is 0 Å². The average molecular weight is 334 g/mol. The second kappa shape index (κ2) is 5.51. The summed E-state index contributed by atoms with van der Waals surface area (Å²) < 4.78 is 6.50. The second-order valence-corrected chi connectivity index (χ2v) is 5.70. The number of nitrogens with one attached hydrogen (secondary N) is 1. The van der Waals surface area contributed by atoms with Crippen molar-refractivity contribution in [3.05, 3.63) is 21.7 Å². The Morgan fingerprint density at radius 3 is 3.00 bits per heavy atom. The number of halogens is 1. The summed E-state index contributed by atoms with van der Waals surface area (Å²) in [6, 6.07) is 5.37. The minimum Gasteiger partial charge on any atom is -0.454 e. The zero-order valence-corrected chi connectivity index (χ0v) is 12.0. The maximum atomic E-state index is 5.54. The van der Waals surface area contributed by atoms with E-state index in [0.717, 1.165) is 16.1 Å². The molecule has 1 aliphatic heterocycles. The summed E-state index contributed by atoms with van der Waals surface area (Å²) in [5, 5.41) is 3.58. The molecule has 0 spiro atoms. The number of nitrogens with zero attached hydrogens (tertiary/aromatic N) is 1. The average Bonchev–Trinajstić information content (AvgIpc) is 2.66. The van der Waals surface area contributed by atoms with Gasteiger partial charge in [-0.15, -0.1) is 0 Å². The van der Waals surface area contributed by atoms with E-state index in [9.17, 15) is 0 Å². The molecule has 0 radical (unpaired) electrons. The van der Waals surface area contributed by atoms with E-state index >= 15 is 0 Å². The summed E-state index contributed by atoms with van der Waals surface area (Å²) in [6.45, 7) is 4.34. The predicted octanol–water partition coefficient (Wildman–Crippen LogP) is 2.46. The number of likely N-dealkylation sites (tertiary alicyclic amines) is 1. The molecule has 1 fully saturated rings. The molecule has 0 bridgehead atoms. The van der Waals surface area contributed by atoms with E-state index < -0.39 is 0 Å². The Kier molecular flexibility index (Phi) is 4.27. The van der Waals surface area contributed by atoms with Gasteiger partial charge in [-0.3, -0.25) is 0 Å². The maximum Gasteiger partial charge on any atom is 0.164 e. The third-order valence-corrected chi connectivity index (χ3v) is 3.98. The van der Waals surface area contributed by atoms with Crippen LogP contribution in [0.15, 0.2) is 16.5 Å². The fraction of sp³-hybridized carbons (Fsp3) is 0.667. The van der Waals surface area contributed by atoms with Gasteiger partial charge in [0.1, 0.15) is 5.76 Å². The van der Waals surface area contributed by atoms with E-state index in [-0.39, 0.29) is 0 Å². The van der Waals surface area contributed by atoms with Crippen LogP contribution in [-0.4, -0.2) is 30.6 Å². The molecule has 1 saturated heterocycles.